The zero-order chi connectivity index (χ0) is 12.5. The van der Waals surface area contributed by atoms with Gasteiger partial charge in [0.1, 0.15) is 11.4 Å². The van der Waals surface area contributed by atoms with E-state index in [1.54, 1.807) is 18.7 Å². The molecule has 0 aliphatic rings. The van der Waals surface area contributed by atoms with Crippen molar-refractivity contribution in [3.05, 3.63) is 21.5 Å². The Morgan fingerprint density at radius 2 is 2.19 bits per heavy atom. The second kappa shape index (κ2) is 4.95. The molecule has 1 aromatic heterocycles. The van der Waals surface area contributed by atoms with Gasteiger partial charge in [0.25, 0.3) is 0 Å². The van der Waals surface area contributed by atoms with Crippen molar-refractivity contribution in [2.75, 3.05) is 0 Å². The number of hydrogen-bond acceptors (Lipinski definition) is 3. The summed E-state index contributed by atoms with van der Waals surface area (Å²) in [5.74, 6) is 0.103. The van der Waals surface area contributed by atoms with Gasteiger partial charge in [0, 0.05) is 17.8 Å². The van der Waals surface area contributed by atoms with E-state index in [1.807, 2.05) is 13.8 Å². The molecule has 0 saturated carbocycles. The second-order valence-corrected chi connectivity index (χ2v) is 5.34. The lowest BCUT2D eigenvalue weighted by atomic mass is 9.97. The first kappa shape index (κ1) is 13.2. The highest BCUT2D eigenvalue weighted by Crippen LogP contribution is 2.35. The predicted molar refractivity (Wildman–Crippen MR) is 66.0 cm³/mol. The van der Waals surface area contributed by atoms with Crippen molar-refractivity contribution < 1.29 is 4.92 Å². The molecular formula is C10H16BrN3O2. The number of alkyl halides is 1. The van der Waals surface area contributed by atoms with Gasteiger partial charge >= 0.3 is 5.69 Å². The van der Waals surface area contributed by atoms with Gasteiger partial charge in [0.2, 0.25) is 0 Å². The van der Waals surface area contributed by atoms with Gasteiger partial charge in [-0.25, -0.2) is 0 Å². The van der Waals surface area contributed by atoms with Crippen molar-refractivity contribution in [2.45, 2.75) is 37.9 Å². The van der Waals surface area contributed by atoms with Crippen molar-refractivity contribution >= 4 is 21.6 Å². The highest BCUT2D eigenvalue weighted by Gasteiger charge is 2.31. The Morgan fingerprint density at radius 3 is 2.56 bits per heavy atom. The van der Waals surface area contributed by atoms with E-state index < -0.39 is 0 Å². The number of rotatable bonds is 4. The van der Waals surface area contributed by atoms with Gasteiger partial charge in [0.05, 0.1) is 4.92 Å². The maximum absolute atomic E-state index is 11.0. The molecule has 0 saturated heterocycles. The fraction of sp³-hybridized carbons (Fsp3) is 0.700. The average Bonchev–Trinajstić information content (AvgIpc) is 2.42. The number of aromatic nitrogens is 2. The van der Waals surface area contributed by atoms with Crippen LogP contribution < -0.4 is 0 Å². The minimum atomic E-state index is -0.338. The monoisotopic (exact) mass is 289 g/mol. The molecule has 0 radical (unpaired) electrons. The van der Waals surface area contributed by atoms with Crippen molar-refractivity contribution in [3.8, 4) is 0 Å². The molecule has 0 spiro atoms. The Labute approximate surface area is 103 Å². The summed E-state index contributed by atoms with van der Waals surface area (Å²) in [6, 6.07) is 0. The third kappa shape index (κ3) is 2.26. The van der Waals surface area contributed by atoms with E-state index in [2.05, 4.69) is 21.0 Å². The quantitative estimate of drug-likeness (QED) is 0.486. The van der Waals surface area contributed by atoms with Crippen LogP contribution in [0.3, 0.4) is 0 Å². The van der Waals surface area contributed by atoms with Gasteiger partial charge in [-0.3, -0.25) is 14.8 Å². The SMILES string of the molecule is CCC(c1c([N+](=O)[O-])c(C)nn1C)C(C)Br. The van der Waals surface area contributed by atoms with E-state index in [0.717, 1.165) is 6.42 Å². The van der Waals surface area contributed by atoms with E-state index in [-0.39, 0.29) is 21.4 Å². The second-order valence-electron chi connectivity index (χ2n) is 3.89. The van der Waals surface area contributed by atoms with Gasteiger partial charge < -0.3 is 0 Å². The zero-order valence-corrected chi connectivity index (χ0v) is 11.5. The van der Waals surface area contributed by atoms with Gasteiger partial charge in [-0.1, -0.05) is 29.8 Å². The molecule has 0 aliphatic carbocycles. The standard InChI is InChI=1S/C10H16BrN3O2/c1-5-8(6(2)11)10-9(14(15)16)7(3)12-13(10)4/h6,8H,5H2,1-4H3. The Bertz CT molecular complexity index is 401. The summed E-state index contributed by atoms with van der Waals surface area (Å²) in [6.45, 7) is 5.70. The normalized spacial score (nSPS) is 14.8. The molecule has 16 heavy (non-hydrogen) atoms. The zero-order valence-electron chi connectivity index (χ0n) is 9.90. The largest absolute Gasteiger partial charge is 0.313 e. The smallest absolute Gasteiger partial charge is 0.265 e. The Kier molecular flexibility index (Phi) is 4.07. The summed E-state index contributed by atoms with van der Waals surface area (Å²) in [6.07, 6.45) is 0.840. The molecule has 0 aromatic carbocycles. The highest BCUT2D eigenvalue weighted by molar-refractivity contribution is 9.09. The highest BCUT2D eigenvalue weighted by atomic mass is 79.9. The van der Waals surface area contributed by atoms with Crippen LogP contribution in [0.5, 0.6) is 0 Å². The van der Waals surface area contributed by atoms with Crippen LogP contribution >= 0.6 is 15.9 Å². The van der Waals surface area contributed by atoms with Crippen LogP contribution in [0.25, 0.3) is 0 Å². The van der Waals surface area contributed by atoms with Crippen molar-refractivity contribution in [2.24, 2.45) is 7.05 Å². The van der Waals surface area contributed by atoms with Crippen LogP contribution in [-0.2, 0) is 7.05 Å². The summed E-state index contributed by atoms with van der Waals surface area (Å²) in [5, 5.41) is 15.2. The summed E-state index contributed by atoms with van der Waals surface area (Å²) in [4.78, 5) is 10.9. The summed E-state index contributed by atoms with van der Waals surface area (Å²) >= 11 is 3.50. The molecule has 2 atom stereocenters. The van der Waals surface area contributed by atoms with Crippen LogP contribution in [0.15, 0.2) is 0 Å². The van der Waals surface area contributed by atoms with E-state index in [0.29, 0.717) is 11.4 Å². The number of nitro groups is 1. The number of halogens is 1. The molecular weight excluding hydrogens is 274 g/mol. The summed E-state index contributed by atoms with van der Waals surface area (Å²) in [5.41, 5.74) is 1.34. The van der Waals surface area contributed by atoms with Crippen LogP contribution in [0, 0.1) is 17.0 Å². The molecule has 90 valence electrons. The van der Waals surface area contributed by atoms with Crippen molar-refractivity contribution in [1.82, 2.24) is 9.78 Å². The minimum Gasteiger partial charge on any atom is -0.265 e. The maximum atomic E-state index is 11.0. The summed E-state index contributed by atoms with van der Waals surface area (Å²) < 4.78 is 1.62. The number of hydrogen-bond donors (Lipinski definition) is 0. The van der Waals surface area contributed by atoms with Gasteiger partial charge in [-0.15, -0.1) is 0 Å². The number of nitrogens with zero attached hydrogens (tertiary/aromatic N) is 3. The molecule has 0 bridgehead atoms. The molecule has 0 N–H and O–H groups in total. The molecule has 6 heteroatoms. The maximum Gasteiger partial charge on any atom is 0.313 e. The van der Waals surface area contributed by atoms with Crippen LogP contribution in [0.1, 0.15) is 37.6 Å². The first-order valence-corrected chi connectivity index (χ1v) is 6.13. The molecule has 1 heterocycles. The van der Waals surface area contributed by atoms with E-state index >= 15 is 0 Å². The van der Waals surface area contributed by atoms with Gasteiger partial charge in [-0.05, 0) is 13.3 Å². The van der Waals surface area contributed by atoms with E-state index in [4.69, 9.17) is 0 Å². The Balaban J connectivity index is 3.35. The topological polar surface area (TPSA) is 61.0 Å². The third-order valence-corrected chi connectivity index (χ3v) is 3.40. The average molecular weight is 290 g/mol. The predicted octanol–water partition coefficient (Wildman–Crippen LogP) is 2.91. The van der Waals surface area contributed by atoms with Gasteiger partial charge in [0.15, 0.2) is 0 Å². The summed E-state index contributed by atoms with van der Waals surface area (Å²) in [7, 11) is 1.76. The first-order chi connectivity index (χ1) is 7.40. The fourth-order valence-electron chi connectivity index (χ4n) is 2.04. The number of aryl methyl sites for hydroxylation is 2. The first-order valence-electron chi connectivity index (χ1n) is 5.22. The molecule has 1 rings (SSSR count). The van der Waals surface area contributed by atoms with Crippen LogP contribution in [0.2, 0.25) is 0 Å². The van der Waals surface area contributed by atoms with E-state index in [9.17, 15) is 10.1 Å². The van der Waals surface area contributed by atoms with Crippen LogP contribution in [-0.4, -0.2) is 19.5 Å². The van der Waals surface area contributed by atoms with Crippen molar-refractivity contribution in [1.29, 1.82) is 0 Å². The minimum absolute atomic E-state index is 0.103. The lowest BCUT2D eigenvalue weighted by Gasteiger charge is -2.17. The fourth-order valence-corrected chi connectivity index (χ4v) is 2.67. The molecule has 5 nitrogen and oxygen atoms in total. The third-order valence-electron chi connectivity index (χ3n) is 2.76. The van der Waals surface area contributed by atoms with Crippen molar-refractivity contribution in [3.63, 3.8) is 0 Å². The lowest BCUT2D eigenvalue weighted by molar-refractivity contribution is -0.386. The molecule has 1 aromatic rings. The molecule has 0 aliphatic heterocycles. The Morgan fingerprint density at radius 1 is 1.62 bits per heavy atom. The molecule has 0 amide bonds. The Hall–Kier alpha value is -0.910. The van der Waals surface area contributed by atoms with Gasteiger partial charge in [-0.2, -0.15) is 5.10 Å². The lowest BCUT2D eigenvalue weighted by Crippen LogP contribution is -2.14. The van der Waals surface area contributed by atoms with Crippen LogP contribution in [0.4, 0.5) is 5.69 Å². The van der Waals surface area contributed by atoms with E-state index in [1.165, 1.54) is 0 Å². The molecule has 0 fully saturated rings. The molecule has 2 unspecified atom stereocenters.